The fourth-order valence-electron chi connectivity index (χ4n) is 4.30. The van der Waals surface area contributed by atoms with Gasteiger partial charge >= 0.3 is 0 Å². The number of nitrogens with zero attached hydrogens (tertiary/aromatic N) is 2. The molecule has 0 N–H and O–H groups in total. The van der Waals surface area contributed by atoms with Crippen LogP contribution in [0.3, 0.4) is 0 Å². The first-order valence-electron chi connectivity index (χ1n) is 11.0. The van der Waals surface area contributed by atoms with Crippen molar-refractivity contribution in [1.29, 1.82) is 0 Å². The molecule has 0 bridgehead atoms. The number of furan rings is 1. The van der Waals surface area contributed by atoms with E-state index in [4.69, 9.17) is 9.41 Å². The molecule has 0 unspecified atom stereocenters. The maximum atomic E-state index is 5.97. The normalized spacial score (nSPS) is 11.6. The van der Waals surface area contributed by atoms with E-state index >= 15 is 0 Å². The summed E-state index contributed by atoms with van der Waals surface area (Å²) in [5.74, 6) is 0.875. The zero-order valence-electron chi connectivity index (χ0n) is 18.7. The average molecular weight is 419 g/mol. The number of rotatable bonds is 5. The van der Waals surface area contributed by atoms with Gasteiger partial charge < -0.3 is 8.98 Å². The molecule has 0 fully saturated rings. The summed E-state index contributed by atoms with van der Waals surface area (Å²) in [5, 5.41) is 1.12. The summed E-state index contributed by atoms with van der Waals surface area (Å²) >= 11 is 0. The van der Waals surface area contributed by atoms with E-state index in [1.54, 1.807) is 0 Å². The number of benzene rings is 3. The van der Waals surface area contributed by atoms with Crippen LogP contribution in [0, 0.1) is 13.8 Å². The molecule has 0 radical (unpaired) electrons. The third-order valence-electron chi connectivity index (χ3n) is 6.01. The molecule has 3 aromatic carbocycles. The van der Waals surface area contributed by atoms with Gasteiger partial charge in [0, 0.05) is 39.8 Å². The van der Waals surface area contributed by atoms with Crippen LogP contribution in [-0.2, 0) is 6.42 Å². The van der Waals surface area contributed by atoms with Crippen LogP contribution in [0.5, 0.6) is 0 Å². The summed E-state index contributed by atoms with van der Waals surface area (Å²) < 4.78 is 8.30. The van der Waals surface area contributed by atoms with Crippen molar-refractivity contribution in [2.24, 2.45) is 4.99 Å². The third kappa shape index (κ3) is 3.67. The van der Waals surface area contributed by atoms with Crippen LogP contribution in [0.4, 0.5) is 5.69 Å². The molecule has 0 aliphatic rings. The highest BCUT2D eigenvalue weighted by molar-refractivity contribution is 5.85. The Kier molecular flexibility index (Phi) is 5.24. The van der Waals surface area contributed by atoms with Gasteiger partial charge in [-0.15, -0.1) is 0 Å². The van der Waals surface area contributed by atoms with Crippen LogP contribution in [-0.4, -0.2) is 10.8 Å². The van der Waals surface area contributed by atoms with E-state index in [-0.39, 0.29) is 0 Å². The zero-order chi connectivity index (χ0) is 22.1. The molecule has 32 heavy (non-hydrogen) atoms. The lowest BCUT2D eigenvalue weighted by Crippen LogP contribution is -2.03. The first-order valence-corrected chi connectivity index (χ1v) is 11.0. The first-order chi connectivity index (χ1) is 15.6. The van der Waals surface area contributed by atoms with Gasteiger partial charge in [0.2, 0.25) is 0 Å². The molecular formula is C29H26N2O. The molecular weight excluding hydrogens is 392 g/mol. The maximum Gasteiger partial charge on any atom is 0.135 e. The lowest BCUT2D eigenvalue weighted by Gasteiger charge is -2.13. The second-order valence-corrected chi connectivity index (χ2v) is 8.10. The molecule has 3 heteroatoms. The SMILES string of the molecule is CCc1ccccc1-n1c(C)cc(C=Nc2ccc(-c3cc4ccccc4o3)cc2)c1C. The van der Waals surface area contributed by atoms with E-state index in [1.165, 1.54) is 22.6 Å². The first kappa shape index (κ1) is 20.1. The van der Waals surface area contributed by atoms with E-state index in [1.807, 2.05) is 36.5 Å². The topological polar surface area (TPSA) is 30.4 Å². The Labute approximate surface area is 188 Å². The minimum atomic E-state index is 0.875. The molecule has 0 spiro atoms. The standard InChI is InChI=1S/C29H26N2O/c1-4-22-9-5-7-11-27(22)31-20(2)17-25(21(31)3)19-30-26-15-13-23(14-16-26)29-18-24-10-6-8-12-28(24)32-29/h5-19H,4H2,1-3H3. The summed E-state index contributed by atoms with van der Waals surface area (Å²) in [6, 6.07) is 29.1. The van der Waals surface area contributed by atoms with Crippen molar-refractivity contribution >= 4 is 22.9 Å². The highest BCUT2D eigenvalue weighted by Gasteiger charge is 2.12. The molecule has 5 rings (SSSR count). The molecule has 2 heterocycles. The smallest absolute Gasteiger partial charge is 0.135 e. The number of aryl methyl sites for hydroxylation is 2. The number of fused-ring (bicyclic) bond motifs is 1. The van der Waals surface area contributed by atoms with Gasteiger partial charge in [-0.05, 0) is 74.4 Å². The average Bonchev–Trinajstić information content (AvgIpc) is 3.38. The maximum absolute atomic E-state index is 5.97. The van der Waals surface area contributed by atoms with Crippen molar-refractivity contribution in [2.45, 2.75) is 27.2 Å². The second kappa shape index (κ2) is 8.35. The Morgan fingerprint density at radius 3 is 2.41 bits per heavy atom. The van der Waals surface area contributed by atoms with Gasteiger partial charge in [-0.25, -0.2) is 0 Å². The highest BCUT2D eigenvalue weighted by Crippen LogP contribution is 2.29. The van der Waals surface area contributed by atoms with Gasteiger partial charge in [-0.3, -0.25) is 4.99 Å². The molecule has 0 aliphatic carbocycles. The number of aromatic nitrogens is 1. The lowest BCUT2D eigenvalue weighted by atomic mass is 10.1. The molecule has 0 amide bonds. The number of aliphatic imine (C=N–C) groups is 1. The Hall–Kier alpha value is -3.85. The molecule has 5 aromatic rings. The van der Waals surface area contributed by atoms with Crippen LogP contribution >= 0.6 is 0 Å². The second-order valence-electron chi connectivity index (χ2n) is 8.10. The summed E-state index contributed by atoms with van der Waals surface area (Å²) in [4.78, 5) is 4.74. The predicted octanol–water partition coefficient (Wildman–Crippen LogP) is 7.82. The van der Waals surface area contributed by atoms with E-state index in [2.05, 4.69) is 79.9 Å². The number of hydrogen-bond donors (Lipinski definition) is 0. The quantitative estimate of drug-likeness (QED) is 0.268. The molecule has 0 saturated carbocycles. The van der Waals surface area contributed by atoms with Gasteiger partial charge in [0.15, 0.2) is 0 Å². The fraction of sp³-hybridized carbons (Fsp3) is 0.138. The highest BCUT2D eigenvalue weighted by atomic mass is 16.3. The number of hydrogen-bond acceptors (Lipinski definition) is 2. The monoisotopic (exact) mass is 418 g/mol. The summed E-state index contributed by atoms with van der Waals surface area (Å²) in [6.45, 7) is 6.51. The van der Waals surface area contributed by atoms with Gasteiger partial charge in [0.05, 0.1) is 5.69 Å². The minimum absolute atomic E-state index is 0.875. The van der Waals surface area contributed by atoms with Crippen molar-refractivity contribution in [1.82, 2.24) is 4.57 Å². The fourth-order valence-corrected chi connectivity index (χ4v) is 4.30. The van der Waals surface area contributed by atoms with Crippen LogP contribution in [0.1, 0.15) is 29.4 Å². The predicted molar refractivity (Wildman–Crippen MR) is 134 cm³/mol. The van der Waals surface area contributed by atoms with Crippen molar-refractivity contribution in [3.05, 3.63) is 107 Å². The van der Waals surface area contributed by atoms with Gasteiger partial charge in [-0.2, -0.15) is 0 Å². The Balaban J connectivity index is 1.41. The number of para-hydroxylation sites is 2. The van der Waals surface area contributed by atoms with Gasteiger partial charge in [0.1, 0.15) is 11.3 Å². The van der Waals surface area contributed by atoms with Crippen LogP contribution < -0.4 is 0 Å². The van der Waals surface area contributed by atoms with Crippen molar-refractivity contribution in [3.63, 3.8) is 0 Å². The van der Waals surface area contributed by atoms with E-state index in [0.29, 0.717) is 0 Å². The Morgan fingerprint density at radius 2 is 1.62 bits per heavy atom. The van der Waals surface area contributed by atoms with Crippen LogP contribution in [0.25, 0.3) is 28.0 Å². The Morgan fingerprint density at radius 1 is 0.875 bits per heavy atom. The largest absolute Gasteiger partial charge is 0.456 e. The van der Waals surface area contributed by atoms with Crippen molar-refractivity contribution in [2.75, 3.05) is 0 Å². The zero-order valence-corrected chi connectivity index (χ0v) is 18.7. The minimum Gasteiger partial charge on any atom is -0.456 e. The molecule has 3 nitrogen and oxygen atoms in total. The molecule has 0 saturated heterocycles. The third-order valence-corrected chi connectivity index (χ3v) is 6.01. The van der Waals surface area contributed by atoms with Gasteiger partial charge in [-0.1, -0.05) is 43.3 Å². The molecule has 0 aliphatic heterocycles. The Bertz CT molecular complexity index is 1380. The summed E-state index contributed by atoms with van der Waals surface area (Å²) in [7, 11) is 0. The molecule has 0 atom stereocenters. The molecule has 158 valence electrons. The summed E-state index contributed by atoms with van der Waals surface area (Å²) in [6.07, 6.45) is 2.97. The molecule has 2 aromatic heterocycles. The van der Waals surface area contributed by atoms with Crippen molar-refractivity contribution in [3.8, 4) is 17.0 Å². The van der Waals surface area contributed by atoms with Crippen molar-refractivity contribution < 1.29 is 4.42 Å². The summed E-state index contributed by atoms with van der Waals surface area (Å²) in [5.41, 5.74) is 9.02. The van der Waals surface area contributed by atoms with E-state index in [0.717, 1.165) is 40.0 Å². The van der Waals surface area contributed by atoms with E-state index in [9.17, 15) is 0 Å². The van der Waals surface area contributed by atoms with Gasteiger partial charge in [0.25, 0.3) is 0 Å². The van der Waals surface area contributed by atoms with Crippen LogP contribution in [0.2, 0.25) is 0 Å². The van der Waals surface area contributed by atoms with E-state index < -0.39 is 0 Å². The lowest BCUT2D eigenvalue weighted by molar-refractivity contribution is 0.631. The van der Waals surface area contributed by atoms with Crippen LogP contribution in [0.15, 0.2) is 94.3 Å².